The largest absolute Gasteiger partial charge is 0.455 e. The van der Waals surface area contributed by atoms with Crippen molar-refractivity contribution in [1.29, 1.82) is 0 Å². The van der Waals surface area contributed by atoms with Crippen molar-refractivity contribution in [2.75, 3.05) is 13.1 Å². The Kier molecular flexibility index (Phi) is 5.00. The molecule has 0 unspecified atom stereocenters. The van der Waals surface area contributed by atoms with Crippen LogP contribution in [0, 0.1) is 6.92 Å². The van der Waals surface area contributed by atoms with Gasteiger partial charge < -0.3 is 14.8 Å². The van der Waals surface area contributed by atoms with Gasteiger partial charge in [-0.2, -0.15) is 23.3 Å². The molecule has 0 saturated carbocycles. The van der Waals surface area contributed by atoms with Gasteiger partial charge in [0.15, 0.2) is 0 Å². The zero-order valence-electron chi connectivity index (χ0n) is 14.1. The monoisotopic (exact) mass is 404 g/mol. The first-order valence-corrected chi connectivity index (χ1v) is 8.09. The van der Waals surface area contributed by atoms with Crippen molar-refractivity contribution in [2.45, 2.75) is 31.9 Å². The summed E-state index contributed by atoms with van der Waals surface area (Å²) >= 11 is 0. The van der Waals surface area contributed by atoms with Crippen LogP contribution in [0.1, 0.15) is 36.0 Å². The first-order chi connectivity index (χ1) is 12.3. The minimum Gasteiger partial charge on any atom is -0.333 e. The van der Waals surface area contributed by atoms with Crippen LogP contribution in [0.2, 0.25) is 0 Å². The van der Waals surface area contributed by atoms with Crippen molar-refractivity contribution in [3.05, 3.63) is 33.6 Å². The highest BCUT2D eigenvalue weighted by Gasteiger charge is 2.38. The van der Waals surface area contributed by atoms with Crippen LogP contribution in [-0.2, 0) is 6.18 Å². The molecule has 1 saturated heterocycles. The summed E-state index contributed by atoms with van der Waals surface area (Å²) < 4.78 is 44.6. The summed E-state index contributed by atoms with van der Waals surface area (Å²) in [5, 5.41) is 10.6. The number of aromatic amines is 1. The molecule has 0 aromatic carbocycles. The Morgan fingerprint density at radius 3 is 2.63 bits per heavy atom. The SMILES string of the molecule is Cc1nn2c(C3CCNCC3)cc(=O)[nH]c2c1-c1nc(C(F)(F)F)no1.Cl. The van der Waals surface area contributed by atoms with Crippen LogP contribution in [0.3, 0.4) is 0 Å². The van der Waals surface area contributed by atoms with E-state index in [4.69, 9.17) is 4.52 Å². The van der Waals surface area contributed by atoms with E-state index in [1.54, 1.807) is 11.4 Å². The summed E-state index contributed by atoms with van der Waals surface area (Å²) in [6, 6.07) is 1.48. The smallest absolute Gasteiger partial charge is 0.333 e. The van der Waals surface area contributed by atoms with Crippen LogP contribution < -0.4 is 10.9 Å². The predicted octanol–water partition coefficient (Wildman–Crippen LogP) is 2.29. The number of aromatic nitrogens is 5. The standard InChI is InChI=1S/C15H15F3N6O2.ClH/c1-7-11(13-21-14(23-26-13)15(16,17)18)12-20-10(25)6-9(24(12)22-7)8-2-4-19-5-3-8;/h6,8,19H,2-5H2,1H3,(H,20,25);1H. The number of nitrogens with one attached hydrogen (secondary N) is 2. The molecule has 2 N–H and O–H groups in total. The van der Waals surface area contributed by atoms with Gasteiger partial charge in [0.25, 0.3) is 17.3 Å². The minimum atomic E-state index is -4.72. The van der Waals surface area contributed by atoms with Crippen molar-refractivity contribution in [3.8, 4) is 11.5 Å². The number of hydrogen-bond donors (Lipinski definition) is 2. The fourth-order valence-electron chi connectivity index (χ4n) is 3.28. The number of alkyl halides is 3. The molecule has 4 heterocycles. The Bertz CT molecular complexity index is 1020. The number of halogens is 4. The molecule has 3 aromatic rings. The normalized spacial score (nSPS) is 15.9. The lowest BCUT2D eigenvalue weighted by atomic mass is 9.94. The molecule has 146 valence electrons. The van der Waals surface area contributed by atoms with Crippen molar-refractivity contribution in [2.24, 2.45) is 0 Å². The summed E-state index contributed by atoms with van der Waals surface area (Å²) in [7, 11) is 0. The summed E-state index contributed by atoms with van der Waals surface area (Å²) in [6.45, 7) is 3.26. The number of piperidine rings is 1. The molecule has 27 heavy (non-hydrogen) atoms. The molecule has 12 heteroatoms. The lowest BCUT2D eigenvalue weighted by Gasteiger charge is -2.23. The van der Waals surface area contributed by atoms with Gasteiger partial charge in [0.2, 0.25) is 0 Å². The van der Waals surface area contributed by atoms with Crippen LogP contribution in [-0.4, -0.2) is 37.8 Å². The molecule has 3 aromatic heterocycles. The Balaban J connectivity index is 0.00000210. The number of rotatable bonds is 2. The Morgan fingerprint density at radius 2 is 2.00 bits per heavy atom. The van der Waals surface area contributed by atoms with Gasteiger partial charge in [-0.05, 0) is 32.9 Å². The topological polar surface area (TPSA) is 101 Å². The number of nitrogens with zero attached hydrogens (tertiary/aromatic N) is 4. The lowest BCUT2D eigenvalue weighted by Crippen LogP contribution is -2.28. The minimum absolute atomic E-state index is 0. The molecule has 0 radical (unpaired) electrons. The maximum atomic E-state index is 12.8. The summed E-state index contributed by atoms with van der Waals surface area (Å²) in [4.78, 5) is 18.2. The third-order valence-electron chi connectivity index (χ3n) is 4.48. The molecule has 4 rings (SSSR count). The number of hydrogen-bond acceptors (Lipinski definition) is 6. The van der Waals surface area contributed by atoms with E-state index in [9.17, 15) is 18.0 Å². The van der Waals surface area contributed by atoms with E-state index in [0.29, 0.717) is 5.69 Å². The van der Waals surface area contributed by atoms with Crippen LogP contribution in [0.25, 0.3) is 17.1 Å². The first kappa shape index (κ1) is 19.4. The van der Waals surface area contributed by atoms with Gasteiger partial charge in [0, 0.05) is 12.0 Å². The second kappa shape index (κ2) is 6.97. The van der Waals surface area contributed by atoms with Crippen molar-refractivity contribution in [3.63, 3.8) is 0 Å². The quantitative estimate of drug-likeness (QED) is 0.679. The highest BCUT2D eigenvalue weighted by molar-refractivity contribution is 5.85. The Morgan fingerprint density at radius 1 is 1.30 bits per heavy atom. The van der Waals surface area contributed by atoms with Gasteiger partial charge in [-0.25, -0.2) is 4.52 Å². The van der Waals surface area contributed by atoms with Gasteiger partial charge in [-0.15, -0.1) is 12.4 Å². The third kappa shape index (κ3) is 3.44. The van der Waals surface area contributed by atoms with Gasteiger partial charge in [-0.3, -0.25) is 4.79 Å². The molecule has 1 aliphatic rings. The maximum Gasteiger partial charge on any atom is 0.455 e. The van der Waals surface area contributed by atoms with Gasteiger partial charge in [0.1, 0.15) is 11.2 Å². The van der Waals surface area contributed by atoms with Gasteiger partial charge in [0.05, 0.1) is 11.4 Å². The molecular formula is C15H16ClF3N6O2. The second-order valence-electron chi connectivity index (χ2n) is 6.22. The molecule has 1 aliphatic heterocycles. The Labute approximate surface area is 156 Å². The highest BCUT2D eigenvalue weighted by atomic mass is 35.5. The number of H-pyrrole nitrogens is 1. The number of fused-ring (bicyclic) bond motifs is 1. The highest BCUT2D eigenvalue weighted by Crippen LogP contribution is 2.32. The average Bonchev–Trinajstić information content (AvgIpc) is 3.18. The fourth-order valence-corrected chi connectivity index (χ4v) is 3.28. The summed E-state index contributed by atoms with van der Waals surface area (Å²) in [6.07, 6.45) is -3.04. The molecule has 8 nitrogen and oxygen atoms in total. The van der Waals surface area contributed by atoms with Crippen molar-refractivity contribution < 1.29 is 17.7 Å². The summed E-state index contributed by atoms with van der Waals surface area (Å²) in [5.74, 6) is -1.58. The second-order valence-corrected chi connectivity index (χ2v) is 6.22. The average molecular weight is 405 g/mol. The van der Waals surface area contributed by atoms with E-state index in [2.05, 4.69) is 25.5 Å². The van der Waals surface area contributed by atoms with E-state index in [1.165, 1.54) is 6.07 Å². The van der Waals surface area contributed by atoms with Crippen LogP contribution in [0.4, 0.5) is 13.2 Å². The molecule has 0 spiro atoms. The van der Waals surface area contributed by atoms with E-state index >= 15 is 0 Å². The zero-order valence-corrected chi connectivity index (χ0v) is 14.9. The maximum absolute atomic E-state index is 12.8. The van der Waals surface area contributed by atoms with E-state index in [0.717, 1.165) is 31.6 Å². The molecule has 0 bridgehead atoms. The predicted molar refractivity (Wildman–Crippen MR) is 90.9 cm³/mol. The number of aryl methyl sites for hydroxylation is 1. The van der Waals surface area contributed by atoms with Gasteiger partial charge in [-0.1, -0.05) is 5.16 Å². The van der Waals surface area contributed by atoms with Crippen molar-refractivity contribution in [1.82, 2.24) is 30.1 Å². The Hall–Kier alpha value is -2.40. The van der Waals surface area contributed by atoms with E-state index in [1.807, 2.05) is 0 Å². The molecule has 0 amide bonds. The lowest BCUT2D eigenvalue weighted by molar-refractivity contribution is -0.146. The molecular weight excluding hydrogens is 389 g/mol. The van der Waals surface area contributed by atoms with Gasteiger partial charge >= 0.3 is 6.18 Å². The van der Waals surface area contributed by atoms with E-state index in [-0.39, 0.29) is 41.0 Å². The summed E-state index contributed by atoms with van der Waals surface area (Å²) in [5.41, 5.74) is 1.19. The molecule has 0 atom stereocenters. The van der Waals surface area contributed by atoms with Crippen LogP contribution in [0.15, 0.2) is 15.4 Å². The molecule has 0 aliphatic carbocycles. The fraction of sp³-hybridized carbons (Fsp3) is 0.467. The van der Waals surface area contributed by atoms with Crippen molar-refractivity contribution >= 4 is 18.1 Å². The van der Waals surface area contributed by atoms with E-state index < -0.39 is 12.0 Å². The van der Waals surface area contributed by atoms with Crippen LogP contribution >= 0.6 is 12.4 Å². The zero-order chi connectivity index (χ0) is 18.5. The van der Waals surface area contributed by atoms with Crippen LogP contribution in [0.5, 0.6) is 0 Å². The first-order valence-electron chi connectivity index (χ1n) is 8.09. The molecule has 1 fully saturated rings. The third-order valence-corrected chi connectivity index (χ3v) is 4.48.